The minimum Gasteiger partial charge on any atom is -0.160 e. The molecule has 17 heavy (non-hydrogen) atoms. The highest BCUT2D eigenvalue weighted by molar-refractivity contribution is 7.28. The first-order chi connectivity index (χ1) is 8.13. The van der Waals surface area contributed by atoms with Crippen LogP contribution in [0.1, 0.15) is 0 Å². The molecule has 1 atom stereocenters. The third-order valence-corrected chi connectivity index (χ3v) is 7.95. The second-order valence-corrected chi connectivity index (χ2v) is 10.8. The summed E-state index contributed by atoms with van der Waals surface area (Å²) in [5.41, 5.74) is 2.98. The van der Waals surface area contributed by atoms with Crippen LogP contribution in [0.25, 0.3) is 11.1 Å². The van der Waals surface area contributed by atoms with E-state index in [1.807, 2.05) is 18.2 Å². The average Bonchev–Trinajstić information content (AvgIpc) is 2.40. The molecule has 0 saturated heterocycles. The molecule has 88 valence electrons. The highest BCUT2D eigenvalue weighted by atomic mass is 35.6. The third kappa shape index (κ3) is 2.92. The van der Waals surface area contributed by atoms with Gasteiger partial charge in [0.05, 0.1) is 0 Å². The SMILES string of the molecule is C[Si](Cl)(CCl)c1ccc(-c2ccccc2)cc1. The number of rotatable bonds is 3. The molecule has 0 fully saturated rings. The van der Waals surface area contributed by atoms with Gasteiger partial charge in [-0.1, -0.05) is 61.1 Å². The van der Waals surface area contributed by atoms with Gasteiger partial charge in [-0.25, -0.2) is 0 Å². The lowest BCUT2D eigenvalue weighted by Crippen LogP contribution is -2.41. The molecule has 0 aliphatic heterocycles. The van der Waals surface area contributed by atoms with Crippen molar-refractivity contribution >= 4 is 35.3 Å². The van der Waals surface area contributed by atoms with Crippen molar-refractivity contribution in [3.8, 4) is 11.1 Å². The lowest BCUT2D eigenvalue weighted by Gasteiger charge is -2.16. The molecule has 0 N–H and O–H groups in total. The van der Waals surface area contributed by atoms with Gasteiger partial charge in [-0.15, -0.1) is 11.6 Å². The molecule has 0 amide bonds. The van der Waals surface area contributed by atoms with Crippen LogP contribution >= 0.6 is 22.7 Å². The lowest BCUT2D eigenvalue weighted by molar-refractivity contribution is 1.63. The highest BCUT2D eigenvalue weighted by Gasteiger charge is 2.25. The van der Waals surface area contributed by atoms with Gasteiger partial charge in [0.15, 0.2) is 7.38 Å². The van der Waals surface area contributed by atoms with Gasteiger partial charge in [-0.05, 0) is 16.3 Å². The van der Waals surface area contributed by atoms with E-state index in [0.29, 0.717) is 5.50 Å². The largest absolute Gasteiger partial charge is 0.198 e. The Morgan fingerprint density at radius 3 is 1.94 bits per heavy atom. The summed E-state index contributed by atoms with van der Waals surface area (Å²) in [6, 6.07) is 18.8. The summed E-state index contributed by atoms with van der Waals surface area (Å²) < 4.78 is 0. The molecule has 0 aliphatic carbocycles. The fourth-order valence-electron chi connectivity index (χ4n) is 1.72. The summed E-state index contributed by atoms with van der Waals surface area (Å²) in [4.78, 5) is 0. The van der Waals surface area contributed by atoms with Gasteiger partial charge < -0.3 is 0 Å². The van der Waals surface area contributed by atoms with Crippen LogP contribution in [0.3, 0.4) is 0 Å². The van der Waals surface area contributed by atoms with E-state index < -0.39 is 7.38 Å². The van der Waals surface area contributed by atoms with Crippen molar-refractivity contribution in [3.63, 3.8) is 0 Å². The van der Waals surface area contributed by atoms with Gasteiger partial charge in [-0.2, -0.15) is 11.1 Å². The van der Waals surface area contributed by atoms with Gasteiger partial charge in [0.2, 0.25) is 0 Å². The summed E-state index contributed by atoms with van der Waals surface area (Å²) >= 11 is 12.4. The fourth-order valence-corrected chi connectivity index (χ4v) is 3.57. The summed E-state index contributed by atoms with van der Waals surface area (Å²) in [5, 5.41) is 1.19. The van der Waals surface area contributed by atoms with Crippen molar-refractivity contribution in [3.05, 3.63) is 54.6 Å². The summed E-state index contributed by atoms with van der Waals surface area (Å²) in [7, 11) is -1.94. The van der Waals surface area contributed by atoms with E-state index in [1.54, 1.807) is 0 Å². The second-order valence-electron chi connectivity index (χ2n) is 4.27. The predicted octanol–water partition coefficient (Wildman–Crippen LogP) is 4.15. The number of hydrogen-bond acceptors (Lipinski definition) is 0. The standard InChI is InChI=1S/C14H14Cl2Si/c1-17(16,11-15)14-9-7-13(8-10-14)12-5-3-2-4-6-12/h2-10H,11H2,1H3. The van der Waals surface area contributed by atoms with E-state index in [4.69, 9.17) is 22.7 Å². The van der Waals surface area contributed by atoms with Crippen LogP contribution in [0.4, 0.5) is 0 Å². The summed E-state index contributed by atoms with van der Waals surface area (Å²) in [6.07, 6.45) is 0. The summed E-state index contributed by atoms with van der Waals surface area (Å²) in [5.74, 6) is 0. The number of halogens is 2. The van der Waals surface area contributed by atoms with Crippen LogP contribution in [0.5, 0.6) is 0 Å². The van der Waals surface area contributed by atoms with Crippen LogP contribution in [0, 0.1) is 0 Å². The Morgan fingerprint density at radius 2 is 1.41 bits per heavy atom. The highest BCUT2D eigenvalue weighted by Crippen LogP contribution is 2.19. The Hall–Kier alpha value is -0.763. The van der Waals surface area contributed by atoms with Crippen LogP contribution < -0.4 is 5.19 Å². The van der Waals surface area contributed by atoms with E-state index in [9.17, 15) is 0 Å². The minimum atomic E-state index is -1.94. The van der Waals surface area contributed by atoms with Crippen LogP contribution in [0.2, 0.25) is 6.55 Å². The normalized spacial score (nSPS) is 14.3. The first-order valence-corrected chi connectivity index (χ1v) is 9.80. The first kappa shape index (κ1) is 12.7. The molecule has 0 aliphatic rings. The Morgan fingerprint density at radius 1 is 0.882 bits per heavy atom. The monoisotopic (exact) mass is 280 g/mol. The van der Waals surface area contributed by atoms with Gasteiger partial charge in [-0.3, -0.25) is 0 Å². The van der Waals surface area contributed by atoms with Crippen molar-refractivity contribution in [2.24, 2.45) is 0 Å². The maximum Gasteiger partial charge on any atom is 0.198 e. The molecule has 3 heteroatoms. The van der Waals surface area contributed by atoms with E-state index in [0.717, 1.165) is 0 Å². The van der Waals surface area contributed by atoms with Crippen molar-refractivity contribution in [1.82, 2.24) is 0 Å². The second kappa shape index (κ2) is 5.26. The van der Waals surface area contributed by atoms with Crippen LogP contribution in [-0.4, -0.2) is 12.9 Å². The zero-order valence-electron chi connectivity index (χ0n) is 9.66. The van der Waals surface area contributed by atoms with Crippen molar-refractivity contribution < 1.29 is 0 Å². The molecule has 0 spiro atoms. The topological polar surface area (TPSA) is 0 Å². The fraction of sp³-hybridized carbons (Fsp3) is 0.143. The average molecular weight is 281 g/mol. The molecular weight excluding hydrogens is 267 g/mol. The van der Waals surface area contributed by atoms with Crippen LogP contribution in [0.15, 0.2) is 54.6 Å². The molecular formula is C14H14Cl2Si. The molecule has 2 aromatic rings. The Bertz CT molecular complexity index is 477. The third-order valence-electron chi connectivity index (χ3n) is 2.84. The van der Waals surface area contributed by atoms with Gasteiger partial charge in [0.1, 0.15) is 0 Å². The molecule has 0 heterocycles. The molecule has 0 bridgehead atoms. The number of alkyl halides is 1. The Balaban J connectivity index is 2.31. The van der Waals surface area contributed by atoms with Crippen molar-refractivity contribution in [1.29, 1.82) is 0 Å². The van der Waals surface area contributed by atoms with Crippen LogP contribution in [-0.2, 0) is 0 Å². The predicted molar refractivity (Wildman–Crippen MR) is 79.7 cm³/mol. The van der Waals surface area contributed by atoms with E-state index in [1.165, 1.54) is 16.3 Å². The van der Waals surface area contributed by atoms with E-state index >= 15 is 0 Å². The lowest BCUT2D eigenvalue weighted by atomic mass is 10.1. The molecule has 0 nitrogen and oxygen atoms in total. The Kier molecular flexibility index (Phi) is 3.92. The van der Waals surface area contributed by atoms with E-state index in [-0.39, 0.29) is 0 Å². The minimum absolute atomic E-state index is 0.541. The molecule has 0 saturated carbocycles. The van der Waals surface area contributed by atoms with Crippen molar-refractivity contribution in [2.45, 2.75) is 6.55 Å². The van der Waals surface area contributed by atoms with Gasteiger partial charge in [0.25, 0.3) is 0 Å². The quantitative estimate of drug-likeness (QED) is 0.450. The van der Waals surface area contributed by atoms with Crippen molar-refractivity contribution in [2.75, 3.05) is 5.50 Å². The van der Waals surface area contributed by atoms with E-state index in [2.05, 4.69) is 42.9 Å². The first-order valence-electron chi connectivity index (χ1n) is 5.54. The molecule has 1 unspecified atom stereocenters. The number of hydrogen-bond donors (Lipinski definition) is 0. The summed E-state index contributed by atoms with van der Waals surface area (Å²) in [6.45, 7) is 2.07. The molecule has 0 aromatic heterocycles. The molecule has 2 rings (SSSR count). The Labute approximate surface area is 113 Å². The molecule has 0 radical (unpaired) electrons. The zero-order chi connectivity index (χ0) is 12.3. The smallest absolute Gasteiger partial charge is 0.160 e. The van der Waals surface area contributed by atoms with Gasteiger partial charge in [0, 0.05) is 5.50 Å². The van der Waals surface area contributed by atoms with Gasteiger partial charge >= 0.3 is 0 Å². The molecule has 2 aromatic carbocycles. The number of benzene rings is 2. The zero-order valence-corrected chi connectivity index (χ0v) is 12.2. The maximum atomic E-state index is 6.45. The maximum absolute atomic E-state index is 6.45.